The molecule has 4 nitrogen and oxygen atoms in total. The lowest BCUT2D eigenvalue weighted by Gasteiger charge is -2.08. The number of halogens is 1. The average molecular weight is 300 g/mol. The van der Waals surface area contributed by atoms with Crippen molar-refractivity contribution in [2.75, 3.05) is 13.3 Å². The molecule has 17 heavy (non-hydrogen) atoms. The Hall–Kier alpha value is -1.07. The van der Waals surface area contributed by atoms with E-state index in [1.54, 1.807) is 0 Å². The van der Waals surface area contributed by atoms with Crippen molar-refractivity contribution in [2.45, 2.75) is 19.3 Å². The Bertz CT molecular complexity index is 434. The second-order valence-electron chi connectivity index (χ2n) is 3.86. The van der Waals surface area contributed by atoms with Gasteiger partial charge in [-0.05, 0) is 53.4 Å². The predicted octanol–water partition coefficient (Wildman–Crippen LogP) is 2.27. The van der Waals surface area contributed by atoms with E-state index in [2.05, 4.69) is 15.9 Å². The highest BCUT2D eigenvalue weighted by Gasteiger charge is 2.23. The van der Waals surface area contributed by atoms with Gasteiger partial charge >= 0.3 is 0 Å². The van der Waals surface area contributed by atoms with E-state index in [0.717, 1.165) is 35.6 Å². The van der Waals surface area contributed by atoms with Crippen LogP contribution in [0, 0.1) is 0 Å². The van der Waals surface area contributed by atoms with E-state index in [0.29, 0.717) is 23.6 Å². The van der Waals surface area contributed by atoms with Crippen LogP contribution >= 0.6 is 15.9 Å². The number of nitrogens with two attached hydrogens (primary N) is 1. The molecular weight excluding hydrogens is 286 g/mol. The van der Waals surface area contributed by atoms with Gasteiger partial charge in [0, 0.05) is 4.47 Å². The minimum absolute atomic E-state index is 0.177. The molecule has 0 atom stereocenters. The first-order chi connectivity index (χ1) is 8.27. The van der Waals surface area contributed by atoms with Gasteiger partial charge in [-0.2, -0.15) is 0 Å². The van der Waals surface area contributed by atoms with Gasteiger partial charge < -0.3 is 15.2 Å². The van der Waals surface area contributed by atoms with E-state index in [-0.39, 0.29) is 6.79 Å². The third-order valence-corrected chi connectivity index (χ3v) is 3.38. The quantitative estimate of drug-likeness (QED) is 0.669. The van der Waals surface area contributed by atoms with Crippen molar-refractivity contribution in [1.29, 1.82) is 0 Å². The van der Waals surface area contributed by atoms with Gasteiger partial charge in [-0.1, -0.05) is 0 Å². The molecule has 1 aromatic rings. The summed E-state index contributed by atoms with van der Waals surface area (Å²) in [5.74, 6) is 1.25. The van der Waals surface area contributed by atoms with Crippen LogP contribution in [0.2, 0.25) is 0 Å². The first kappa shape index (κ1) is 12.4. The number of aldehydes is 1. The molecule has 0 bridgehead atoms. The first-order valence-electron chi connectivity index (χ1n) is 5.54. The third kappa shape index (κ3) is 2.45. The maximum absolute atomic E-state index is 11.0. The molecule has 0 saturated heterocycles. The zero-order valence-corrected chi connectivity index (χ0v) is 11.0. The van der Waals surface area contributed by atoms with Crippen molar-refractivity contribution in [2.24, 2.45) is 5.73 Å². The Morgan fingerprint density at radius 3 is 2.82 bits per heavy atom. The lowest BCUT2D eigenvalue weighted by Crippen LogP contribution is -2.00. The standard InChI is InChI=1S/C12H14BrNO3/c13-10-5-8(3-1-2-4-14)11-12(9(10)6-15)17-7-16-11/h5-6H,1-4,7,14H2. The lowest BCUT2D eigenvalue weighted by atomic mass is 10.0. The molecule has 2 rings (SSSR count). The number of carbonyl (C=O) groups is 1. The highest BCUT2D eigenvalue weighted by atomic mass is 79.9. The lowest BCUT2D eigenvalue weighted by molar-refractivity contribution is 0.111. The van der Waals surface area contributed by atoms with Gasteiger partial charge in [0.15, 0.2) is 17.8 Å². The Morgan fingerprint density at radius 1 is 1.35 bits per heavy atom. The normalized spacial score (nSPS) is 12.8. The minimum atomic E-state index is 0.177. The second kappa shape index (κ2) is 5.51. The fourth-order valence-corrected chi connectivity index (χ4v) is 2.43. The highest BCUT2D eigenvalue weighted by Crippen LogP contribution is 2.42. The summed E-state index contributed by atoms with van der Waals surface area (Å²) in [7, 11) is 0. The van der Waals surface area contributed by atoms with Crippen molar-refractivity contribution in [3.63, 3.8) is 0 Å². The van der Waals surface area contributed by atoms with Gasteiger partial charge in [0.25, 0.3) is 0 Å². The van der Waals surface area contributed by atoms with Crippen LogP contribution in [0.15, 0.2) is 10.5 Å². The van der Waals surface area contributed by atoms with Crippen LogP contribution in [0.4, 0.5) is 0 Å². The number of hydrogen-bond acceptors (Lipinski definition) is 4. The van der Waals surface area contributed by atoms with Crippen LogP contribution in [0.3, 0.4) is 0 Å². The molecule has 0 spiro atoms. The van der Waals surface area contributed by atoms with Crippen LogP contribution < -0.4 is 15.2 Å². The summed E-state index contributed by atoms with van der Waals surface area (Å²) >= 11 is 3.38. The highest BCUT2D eigenvalue weighted by molar-refractivity contribution is 9.10. The van der Waals surface area contributed by atoms with Gasteiger partial charge in [-0.3, -0.25) is 4.79 Å². The number of carbonyl (C=O) groups excluding carboxylic acids is 1. The van der Waals surface area contributed by atoms with Gasteiger partial charge in [0.2, 0.25) is 6.79 Å². The summed E-state index contributed by atoms with van der Waals surface area (Å²) < 4.78 is 11.5. The van der Waals surface area contributed by atoms with Crippen LogP contribution in [-0.4, -0.2) is 19.6 Å². The topological polar surface area (TPSA) is 61.6 Å². The molecule has 2 N–H and O–H groups in total. The molecule has 0 unspecified atom stereocenters. The van der Waals surface area contributed by atoms with Crippen molar-refractivity contribution in [3.05, 3.63) is 21.7 Å². The number of fused-ring (bicyclic) bond motifs is 1. The maximum atomic E-state index is 11.0. The first-order valence-corrected chi connectivity index (χ1v) is 6.33. The number of rotatable bonds is 5. The Morgan fingerprint density at radius 2 is 2.12 bits per heavy atom. The SMILES string of the molecule is NCCCCc1cc(Br)c(C=O)c2c1OCO2. The van der Waals surface area contributed by atoms with Crippen molar-refractivity contribution >= 4 is 22.2 Å². The summed E-state index contributed by atoms with van der Waals surface area (Å²) in [5, 5.41) is 0. The predicted molar refractivity (Wildman–Crippen MR) is 67.6 cm³/mol. The van der Waals surface area contributed by atoms with E-state index >= 15 is 0 Å². The zero-order chi connectivity index (χ0) is 12.3. The average Bonchev–Trinajstić information content (AvgIpc) is 2.78. The third-order valence-electron chi connectivity index (χ3n) is 2.73. The number of aryl methyl sites for hydroxylation is 1. The van der Waals surface area contributed by atoms with Gasteiger partial charge in [-0.25, -0.2) is 0 Å². The van der Waals surface area contributed by atoms with E-state index in [1.807, 2.05) is 6.07 Å². The van der Waals surface area contributed by atoms with E-state index in [1.165, 1.54) is 0 Å². The van der Waals surface area contributed by atoms with Crippen molar-refractivity contribution in [1.82, 2.24) is 0 Å². The fraction of sp³-hybridized carbons (Fsp3) is 0.417. The molecule has 0 aliphatic carbocycles. The summed E-state index contributed by atoms with van der Waals surface area (Å²) in [6.07, 6.45) is 3.63. The van der Waals surface area contributed by atoms with Gasteiger partial charge in [0.1, 0.15) is 0 Å². The molecule has 0 aromatic heterocycles. The number of benzene rings is 1. The molecule has 0 fully saturated rings. The molecular formula is C12H14BrNO3. The van der Waals surface area contributed by atoms with Crippen LogP contribution in [0.5, 0.6) is 11.5 Å². The molecule has 5 heteroatoms. The number of hydrogen-bond donors (Lipinski definition) is 1. The van der Waals surface area contributed by atoms with E-state index in [9.17, 15) is 4.79 Å². The number of ether oxygens (including phenoxy) is 2. The van der Waals surface area contributed by atoms with E-state index < -0.39 is 0 Å². The van der Waals surface area contributed by atoms with Crippen LogP contribution in [0.1, 0.15) is 28.8 Å². The molecule has 1 aromatic carbocycles. The molecule has 1 aliphatic heterocycles. The summed E-state index contributed by atoms with van der Waals surface area (Å²) in [6, 6.07) is 1.92. The van der Waals surface area contributed by atoms with Crippen molar-refractivity contribution in [3.8, 4) is 11.5 Å². The molecule has 1 heterocycles. The van der Waals surface area contributed by atoms with E-state index in [4.69, 9.17) is 15.2 Å². The van der Waals surface area contributed by atoms with Gasteiger partial charge in [-0.15, -0.1) is 0 Å². The monoisotopic (exact) mass is 299 g/mol. The maximum Gasteiger partial charge on any atom is 0.231 e. The van der Waals surface area contributed by atoms with Crippen LogP contribution in [-0.2, 0) is 6.42 Å². The Labute approximate surface area is 108 Å². The summed E-state index contributed by atoms with van der Waals surface area (Å²) in [5.41, 5.74) is 7.04. The van der Waals surface area contributed by atoms with Crippen LogP contribution in [0.25, 0.3) is 0 Å². The molecule has 1 aliphatic rings. The molecule has 92 valence electrons. The molecule has 0 amide bonds. The fourth-order valence-electron chi connectivity index (χ4n) is 1.88. The summed E-state index contributed by atoms with van der Waals surface area (Å²) in [6.45, 7) is 0.865. The molecule has 0 radical (unpaired) electrons. The molecule has 0 saturated carbocycles. The minimum Gasteiger partial charge on any atom is -0.453 e. The largest absolute Gasteiger partial charge is 0.453 e. The smallest absolute Gasteiger partial charge is 0.231 e. The summed E-state index contributed by atoms with van der Waals surface area (Å²) in [4.78, 5) is 11.0. The second-order valence-corrected chi connectivity index (χ2v) is 4.71. The zero-order valence-electron chi connectivity index (χ0n) is 9.37. The Kier molecular flexibility index (Phi) is 4.02. The number of unbranched alkanes of at least 4 members (excludes halogenated alkanes) is 1. The van der Waals surface area contributed by atoms with Crippen molar-refractivity contribution < 1.29 is 14.3 Å². The van der Waals surface area contributed by atoms with Gasteiger partial charge in [0.05, 0.1) is 5.56 Å². The Balaban J connectivity index is 2.31.